The van der Waals surface area contributed by atoms with Crippen LogP contribution in [0.15, 0.2) is 48.7 Å². The molecule has 0 saturated carbocycles. The molecule has 0 atom stereocenters. The second-order valence-electron chi connectivity index (χ2n) is 4.31. The van der Waals surface area contributed by atoms with E-state index in [-0.39, 0.29) is 5.69 Å². The molecule has 3 rings (SSSR count). The van der Waals surface area contributed by atoms with E-state index in [1.54, 1.807) is 6.07 Å². The zero-order chi connectivity index (χ0) is 13.4. The highest BCUT2D eigenvalue weighted by Crippen LogP contribution is 2.30. The topological polar surface area (TPSA) is 58.9 Å². The fourth-order valence-corrected chi connectivity index (χ4v) is 2.16. The van der Waals surface area contributed by atoms with E-state index in [1.165, 1.54) is 12.1 Å². The summed E-state index contributed by atoms with van der Waals surface area (Å²) in [5, 5.41) is 12.1. The monoisotopic (exact) mass is 248 g/mol. The lowest BCUT2D eigenvalue weighted by molar-refractivity contribution is -0.384. The molecule has 0 bridgehead atoms. The molecular formula is C14H9BN2O2. The Morgan fingerprint density at radius 1 is 1.11 bits per heavy atom. The number of hydrogen-bond donors (Lipinski definition) is 1. The molecule has 3 aromatic rings. The molecule has 0 saturated heterocycles. The van der Waals surface area contributed by atoms with Gasteiger partial charge >= 0.3 is 0 Å². The van der Waals surface area contributed by atoms with Gasteiger partial charge in [-0.25, -0.2) is 0 Å². The van der Waals surface area contributed by atoms with Crippen molar-refractivity contribution in [2.75, 3.05) is 0 Å². The van der Waals surface area contributed by atoms with Gasteiger partial charge in [0, 0.05) is 17.8 Å². The number of fused-ring (bicyclic) bond motifs is 1. The van der Waals surface area contributed by atoms with Crippen molar-refractivity contribution in [3.63, 3.8) is 0 Å². The summed E-state index contributed by atoms with van der Waals surface area (Å²) in [7, 11) is 5.73. The summed E-state index contributed by atoms with van der Waals surface area (Å²) < 4.78 is 0. The Hall–Kier alpha value is -2.56. The molecule has 0 aliphatic heterocycles. The lowest BCUT2D eigenvalue weighted by Gasteiger charge is -2.05. The maximum Gasteiger partial charge on any atom is 0.277 e. The van der Waals surface area contributed by atoms with Crippen molar-refractivity contribution in [3.8, 4) is 11.1 Å². The van der Waals surface area contributed by atoms with Crippen molar-refractivity contribution in [3.05, 3.63) is 58.8 Å². The van der Waals surface area contributed by atoms with Gasteiger partial charge in [0.2, 0.25) is 0 Å². The lowest BCUT2D eigenvalue weighted by atomic mass is 9.91. The van der Waals surface area contributed by atoms with Gasteiger partial charge in [-0.2, -0.15) is 0 Å². The van der Waals surface area contributed by atoms with E-state index in [0.29, 0.717) is 11.0 Å². The van der Waals surface area contributed by atoms with Crippen molar-refractivity contribution in [1.82, 2.24) is 4.98 Å². The first kappa shape index (κ1) is 11.5. The third-order valence-corrected chi connectivity index (χ3v) is 3.08. The molecule has 2 radical (unpaired) electrons. The van der Waals surface area contributed by atoms with E-state index in [4.69, 9.17) is 7.85 Å². The average Bonchev–Trinajstić information content (AvgIpc) is 2.85. The molecule has 5 heteroatoms. The van der Waals surface area contributed by atoms with Crippen LogP contribution in [-0.4, -0.2) is 17.8 Å². The van der Waals surface area contributed by atoms with Crippen LogP contribution in [0.1, 0.15) is 0 Å². The van der Waals surface area contributed by atoms with Crippen molar-refractivity contribution in [2.24, 2.45) is 0 Å². The SMILES string of the molecule is [B]c1ccc([N+](=O)[O-])c(-c2ccc3cc[nH]c3c2)c1. The van der Waals surface area contributed by atoms with Gasteiger partial charge in [0.05, 0.1) is 10.5 Å². The molecule has 90 valence electrons. The molecule has 0 spiro atoms. The highest BCUT2D eigenvalue weighted by atomic mass is 16.6. The molecule has 0 aliphatic carbocycles. The molecule has 19 heavy (non-hydrogen) atoms. The van der Waals surface area contributed by atoms with Crippen molar-refractivity contribution in [2.45, 2.75) is 0 Å². The minimum absolute atomic E-state index is 0.0557. The van der Waals surface area contributed by atoms with Crippen molar-refractivity contribution < 1.29 is 4.92 Å². The predicted octanol–water partition coefficient (Wildman–Crippen LogP) is 2.54. The zero-order valence-corrected chi connectivity index (χ0v) is 9.96. The Labute approximate surface area is 110 Å². The summed E-state index contributed by atoms with van der Waals surface area (Å²) >= 11 is 0. The third kappa shape index (κ3) is 1.99. The normalized spacial score (nSPS) is 10.7. The van der Waals surface area contributed by atoms with E-state index in [1.807, 2.05) is 30.5 Å². The number of H-pyrrole nitrogens is 1. The van der Waals surface area contributed by atoms with Crippen LogP contribution in [0, 0.1) is 10.1 Å². The van der Waals surface area contributed by atoms with Crippen LogP contribution in [0.2, 0.25) is 0 Å². The van der Waals surface area contributed by atoms with Crippen LogP contribution in [0.4, 0.5) is 5.69 Å². The summed E-state index contributed by atoms with van der Waals surface area (Å²) in [6, 6.07) is 12.2. The second kappa shape index (κ2) is 4.28. The molecule has 0 amide bonds. The molecule has 0 fully saturated rings. The largest absolute Gasteiger partial charge is 0.361 e. The fraction of sp³-hybridized carbons (Fsp3) is 0. The van der Waals surface area contributed by atoms with Crippen LogP contribution in [0.25, 0.3) is 22.0 Å². The molecule has 0 unspecified atom stereocenters. The first-order valence-corrected chi connectivity index (χ1v) is 5.76. The van der Waals surface area contributed by atoms with E-state index in [9.17, 15) is 10.1 Å². The molecule has 1 heterocycles. The van der Waals surface area contributed by atoms with Crippen LogP contribution >= 0.6 is 0 Å². The first-order chi connectivity index (χ1) is 9.15. The van der Waals surface area contributed by atoms with E-state index >= 15 is 0 Å². The molecule has 1 N–H and O–H groups in total. The third-order valence-electron chi connectivity index (χ3n) is 3.08. The van der Waals surface area contributed by atoms with Crippen molar-refractivity contribution >= 4 is 29.9 Å². The molecule has 1 aromatic heterocycles. The minimum atomic E-state index is -0.395. The van der Waals surface area contributed by atoms with Crippen LogP contribution in [0.3, 0.4) is 0 Å². The van der Waals surface area contributed by atoms with Gasteiger partial charge in [0.1, 0.15) is 7.85 Å². The minimum Gasteiger partial charge on any atom is -0.361 e. The fourth-order valence-electron chi connectivity index (χ4n) is 2.16. The summed E-state index contributed by atoms with van der Waals surface area (Å²) in [6.07, 6.45) is 1.84. The highest BCUT2D eigenvalue weighted by Gasteiger charge is 2.15. The van der Waals surface area contributed by atoms with Crippen LogP contribution < -0.4 is 5.46 Å². The van der Waals surface area contributed by atoms with E-state index < -0.39 is 4.92 Å². The maximum absolute atomic E-state index is 11.1. The van der Waals surface area contributed by atoms with E-state index in [0.717, 1.165) is 16.5 Å². The molecular weight excluding hydrogens is 239 g/mol. The van der Waals surface area contributed by atoms with Crippen molar-refractivity contribution in [1.29, 1.82) is 0 Å². The maximum atomic E-state index is 11.1. The number of nitrogens with zero attached hydrogens (tertiary/aromatic N) is 1. The first-order valence-electron chi connectivity index (χ1n) is 5.76. The summed E-state index contributed by atoms with van der Waals surface area (Å²) in [5.74, 6) is 0. The number of nitrogens with one attached hydrogen (secondary N) is 1. The Morgan fingerprint density at radius 2 is 1.95 bits per heavy atom. The average molecular weight is 248 g/mol. The Kier molecular flexibility index (Phi) is 2.60. The van der Waals surface area contributed by atoms with Crippen LogP contribution in [0.5, 0.6) is 0 Å². The Bertz CT molecular complexity index is 780. The number of nitro benzene ring substituents is 1. The smallest absolute Gasteiger partial charge is 0.277 e. The zero-order valence-electron chi connectivity index (χ0n) is 9.96. The van der Waals surface area contributed by atoms with Gasteiger partial charge in [0.15, 0.2) is 0 Å². The molecule has 4 nitrogen and oxygen atoms in total. The molecule has 0 aliphatic rings. The van der Waals surface area contributed by atoms with Gasteiger partial charge in [-0.15, -0.1) is 0 Å². The predicted molar refractivity (Wildman–Crippen MR) is 75.8 cm³/mol. The lowest BCUT2D eigenvalue weighted by Crippen LogP contribution is -2.03. The number of rotatable bonds is 2. The van der Waals surface area contributed by atoms with Gasteiger partial charge in [0.25, 0.3) is 5.69 Å². The summed E-state index contributed by atoms with van der Waals surface area (Å²) in [5.41, 5.74) is 2.80. The number of aromatic nitrogens is 1. The van der Waals surface area contributed by atoms with Gasteiger partial charge in [-0.3, -0.25) is 10.1 Å². The number of nitro groups is 1. The number of hydrogen-bond acceptors (Lipinski definition) is 2. The summed E-state index contributed by atoms with van der Waals surface area (Å²) in [6.45, 7) is 0. The van der Waals surface area contributed by atoms with Gasteiger partial charge in [-0.1, -0.05) is 29.7 Å². The van der Waals surface area contributed by atoms with Gasteiger partial charge < -0.3 is 4.98 Å². The quantitative estimate of drug-likeness (QED) is 0.430. The Morgan fingerprint density at radius 3 is 2.74 bits per heavy atom. The van der Waals surface area contributed by atoms with Gasteiger partial charge in [-0.05, 0) is 23.1 Å². The standard InChI is InChI=1S/C14H9BN2O2/c15-11-3-4-14(17(18)19)12(8-11)10-2-1-9-5-6-16-13(9)7-10/h1-8,16H. The van der Waals surface area contributed by atoms with Crippen LogP contribution in [-0.2, 0) is 0 Å². The Balaban J connectivity index is 2.24. The second-order valence-corrected chi connectivity index (χ2v) is 4.31. The highest BCUT2D eigenvalue weighted by molar-refractivity contribution is 6.32. The number of benzene rings is 2. The molecule has 2 aromatic carbocycles. The number of aromatic amines is 1. The van der Waals surface area contributed by atoms with E-state index in [2.05, 4.69) is 4.98 Å². The summed E-state index contributed by atoms with van der Waals surface area (Å²) in [4.78, 5) is 13.8.